The minimum absolute atomic E-state index is 0.0576. The van der Waals surface area contributed by atoms with E-state index in [2.05, 4.69) is 15.4 Å². The average molecular weight is 387 g/mol. The standard InChI is InChI=1S/C22H21N5O2/c1-15-11-24-26(13-15)14-19(28)27-10-8-22(20(27)16-5-4-9-23-12-16)17-6-2-3-7-18(17)25-21(22)29/h2-7,9,11-13,20H,8,10,14H2,1H3,(H,25,29). The van der Waals surface area contributed by atoms with Gasteiger partial charge in [-0.2, -0.15) is 5.10 Å². The summed E-state index contributed by atoms with van der Waals surface area (Å²) < 4.78 is 1.64. The number of rotatable bonds is 3. The van der Waals surface area contributed by atoms with Crippen LogP contribution in [0.1, 0.15) is 29.2 Å². The highest BCUT2D eigenvalue weighted by atomic mass is 16.2. The maximum atomic E-state index is 13.3. The summed E-state index contributed by atoms with van der Waals surface area (Å²) in [4.78, 5) is 32.6. The Bertz CT molecular complexity index is 1090. The first kappa shape index (κ1) is 17.6. The summed E-state index contributed by atoms with van der Waals surface area (Å²) in [7, 11) is 0. The molecule has 1 fully saturated rings. The molecular weight excluding hydrogens is 366 g/mol. The summed E-state index contributed by atoms with van der Waals surface area (Å²) >= 11 is 0. The van der Waals surface area contributed by atoms with Gasteiger partial charge in [0.1, 0.15) is 12.0 Å². The molecule has 29 heavy (non-hydrogen) atoms. The van der Waals surface area contributed by atoms with E-state index in [9.17, 15) is 9.59 Å². The number of nitrogens with one attached hydrogen (secondary N) is 1. The lowest BCUT2D eigenvalue weighted by Crippen LogP contribution is -2.43. The summed E-state index contributed by atoms with van der Waals surface area (Å²) in [5, 5.41) is 7.27. The molecular formula is C22H21N5O2. The van der Waals surface area contributed by atoms with Crippen molar-refractivity contribution in [2.75, 3.05) is 11.9 Å². The van der Waals surface area contributed by atoms with Gasteiger partial charge < -0.3 is 10.2 Å². The van der Waals surface area contributed by atoms with E-state index in [1.807, 2.05) is 54.4 Å². The van der Waals surface area contributed by atoms with Crippen molar-refractivity contribution in [3.63, 3.8) is 0 Å². The summed E-state index contributed by atoms with van der Waals surface area (Å²) in [6.45, 7) is 2.58. The summed E-state index contributed by atoms with van der Waals surface area (Å²) in [6, 6.07) is 11.1. The molecule has 2 aliphatic heterocycles. The predicted molar refractivity (Wildman–Crippen MR) is 107 cm³/mol. The molecule has 1 aromatic carbocycles. The van der Waals surface area contributed by atoms with E-state index < -0.39 is 11.5 Å². The minimum atomic E-state index is -0.810. The molecule has 7 nitrogen and oxygen atoms in total. The first-order valence-corrected chi connectivity index (χ1v) is 9.69. The Morgan fingerprint density at radius 3 is 2.86 bits per heavy atom. The highest BCUT2D eigenvalue weighted by Gasteiger charge is 2.59. The van der Waals surface area contributed by atoms with Gasteiger partial charge in [0.15, 0.2) is 0 Å². The number of nitrogens with zero attached hydrogens (tertiary/aromatic N) is 4. The molecule has 1 N–H and O–H groups in total. The lowest BCUT2D eigenvalue weighted by Gasteiger charge is -2.34. The highest BCUT2D eigenvalue weighted by molar-refractivity contribution is 6.07. The fourth-order valence-electron chi connectivity index (χ4n) is 4.74. The van der Waals surface area contributed by atoms with Gasteiger partial charge in [0, 0.05) is 30.8 Å². The molecule has 4 heterocycles. The van der Waals surface area contributed by atoms with Crippen molar-refractivity contribution in [2.45, 2.75) is 31.3 Å². The Hall–Kier alpha value is -3.48. The molecule has 1 spiro atoms. The highest BCUT2D eigenvalue weighted by Crippen LogP contribution is 2.54. The zero-order valence-electron chi connectivity index (χ0n) is 16.1. The van der Waals surface area contributed by atoms with E-state index in [-0.39, 0.29) is 18.4 Å². The van der Waals surface area contributed by atoms with Crippen molar-refractivity contribution in [3.05, 3.63) is 77.9 Å². The van der Waals surface area contributed by atoms with Crippen LogP contribution < -0.4 is 5.32 Å². The number of fused-ring (bicyclic) bond motifs is 2. The SMILES string of the molecule is Cc1cnn(CC(=O)N2CCC3(C(=O)Nc4ccccc43)C2c2cccnc2)c1. The number of aromatic nitrogens is 3. The molecule has 0 saturated carbocycles. The van der Waals surface area contributed by atoms with Gasteiger partial charge in [-0.15, -0.1) is 0 Å². The summed E-state index contributed by atoms with van der Waals surface area (Å²) in [6.07, 6.45) is 7.61. The first-order chi connectivity index (χ1) is 14.1. The van der Waals surface area contributed by atoms with Crippen LogP contribution in [0.2, 0.25) is 0 Å². The largest absolute Gasteiger partial charge is 0.332 e. The third kappa shape index (κ3) is 2.65. The topological polar surface area (TPSA) is 80.1 Å². The van der Waals surface area contributed by atoms with Crippen molar-refractivity contribution in [2.24, 2.45) is 0 Å². The molecule has 2 unspecified atom stereocenters. The lowest BCUT2D eigenvalue weighted by atomic mass is 9.73. The molecule has 2 aliphatic rings. The average Bonchev–Trinajstić information content (AvgIpc) is 3.40. The normalized spacial score (nSPS) is 22.7. The van der Waals surface area contributed by atoms with Crippen LogP contribution in [0.5, 0.6) is 0 Å². The van der Waals surface area contributed by atoms with Crippen molar-refractivity contribution in [1.82, 2.24) is 19.7 Å². The van der Waals surface area contributed by atoms with E-state index in [1.165, 1.54) is 0 Å². The van der Waals surface area contributed by atoms with Crippen LogP contribution in [0, 0.1) is 6.92 Å². The van der Waals surface area contributed by atoms with Gasteiger partial charge in [0.2, 0.25) is 11.8 Å². The molecule has 146 valence electrons. The van der Waals surface area contributed by atoms with E-state index >= 15 is 0 Å². The third-order valence-corrected chi connectivity index (χ3v) is 5.97. The summed E-state index contributed by atoms with van der Waals surface area (Å²) in [5.41, 5.74) is 2.83. The second-order valence-electron chi connectivity index (χ2n) is 7.71. The number of carbonyl (C=O) groups excluding carboxylic acids is 2. The number of amides is 2. The minimum Gasteiger partial charge on any atom is -0.332 e. The van der Waals surface area contributed by atoms with Gasteiger partial charge >= 0.3 is 0 Å². The van der Waals surface area contributed by atoms with Crippen molar-refractivity contribution < 1.29 is 9.59 Å². The van der Waals surface area contributed by atoms with Crippen LogP contribution >= 0.6 is 0 Å². The number of hydrogen-bond donors (Lipinski definition) is 1. The van der Waals surface area contributed by atoms with Crippen molar-refractivity contribution >= 4 is 17.5 Å². The van der Waals surface area contributed by atoms with Gasteiger partial charge in [0.25, 0.3) is 0 Å². The van der Waals surface area contributed by atoms with Crippen molar-refractivity contribution in [1.29, 1.82) is 0 Å². The quantitative estimate of drug-likeness (QED) is 0.749. The van der Waals surface area contributed by atoms with Gasteiger partial charge in [-0.25, -0.2) is 0 Å². The maximum Gasteiger partial charge on any atom is 0.244 e. The van der Waals surface area contributed by atoms with E-state index in [4.69, 9.17) is 0 Å². The third-order valence-electron chi connectivity index (χ3n) is 5.97. The molecule has 2 atom stereocenters. The van der Waals surface area contributed by atoms with Crippen LogP contribution in [0.25, 0.3) is 0 Å². The van der Waals surface area contributed by atoms with E-state index in [1.54, 1.807) is 23.3 Å². The number of anilines is 1. The molecule has 0 radical (unpaired) electrons. The van der Waals surface area contributed by atoms with Crippen LogP contribution in [-0.4, -0.2) is 38.0 Å². The lowest BCUT2D eigenvalue weighted by molar-refractivity contribution is -0.134. The predicted octanol–water partition coefficient (Wildman–Crippen LogP) is 2.45. The molecule has 3 aromatic rings. The van der Waals surface area contributed by atoms with Crippen LogP contribution in [0.15, 0.2) is 61.2 Å². The molecule has 7 heteroatoms. The number of hydrogen-bond acceptors (Lipinski definition) is 4. The number of benzene rings is 1. The molecule has 1 saturated heterocycles. The Balaban J connectivity index is 1.59. The van der Waals surface area contributed by atoms with Gasteiger partial charge in [-0.05, 0) is 42.2 Å². The second kappa shape index (κ2) is 6.55. The van der Waals surface area contributed by atoms with Gasteiger partial charge in [-0.1, -0.05) is 24.3 Å². The Labute approximate surface area is 168 Å². The Morgan fingerprint density at radius 1 is 1.24 bits per heavy atom. The molecule has 2 amide bonds. The van der Waals surface area contributed by atoms with Crippen LogP contribution in [0.4, 0.5) is 5.69 Å². The Kier molecular flexibility index (Phi) is 3.97. The number of aryl methyl sites for hydroxylation is 1. The van der Waals surface area contributed by atoms with E-state index in [0.29, 0.717) is 13.0 Å². The van der Waals surface area contributed by atoms with Crippen LogP contribution in [0.3, 0.4) is 0 Å². The summed E-state index contributed by atoms with van der Waals surface area (Å²) in [5.74, 6) is -0.117. The van der Waals surface area contributed by atoms with E-state index in [0.717, 1.165) is 22.4 Å². The zero-order valence-corrected chi connectivity index (χ0v) is 16.1. The number of likely N-dealkylation sites (tertiary alicyclic amines) is 1. The molecule has 0 aliphatic carbocycles. The first-order valence-electron chi connectivity index (χ1n) is 9.69. The Morgan fingerprint density at radius 2 is 2.10 bits per heavy atom. The smallest absolute Gasteiger partial charge is 0.244 e. The number of pyridine rings is 1. The fourth-order valence-corrected chi connectivity index (χ4v) is 4.74. The molecule has 0 bridgehead atoms. The number of para-hydroxylation sites is 1. The number of carbonyl (C=O) groups is 2. The maximum absolute atomic E-state index is 13.3. The molecule has 5 rings (SSSR count). The van der Waals surface area contributed by atoms with Gasteiger partial charge in [-0.3, -0.25) is 19.3 Å². The van der Waals surface area contributed by atoms with Gasteiger partial charge in [0.05, 0.1) is 12.2 Å². The molecule has 2 aromatic heterocycles. The zero-order chi connectivity index (χ0) is 20.0. The monoisotopic (exact) mass is 387 g/mol. The fraction of sp³-hybridized carbons (Fsp3) is 0.273. The van der Waals surface area contributed by atoms with Crippen molar-refractivity contribution in [3.8, 4) is 0 Å². The second-order valence-corrected chi connectivity index (χ2v) is 7.71. The van der Waals surface area contributed by atoms with Crippen LogP contribution in [-0.2, 0) is 21.5 Å².